The van der Waals surface area contributed by atoms with Crippen LogP contribution in [0, 0.1) is 0 Å². The van der Waals surface area contributed by atoms with Gasteiger partial charge in [-0.25, -0.2) is 0 Å². The molecule has 1 aliphatic rings. The highest BCUT2D eigenvalue weighted by molar-refractivity contribution is 5.00. The summed E-state index contributed by atoms with van der Waals surface area (Å²) in [5.74, 6) is 6.56. The molecule has 0 radical (unpaired) electrons. The molecule has 0 bridgehead atoms. The maximum Gasteiger partial charge on any atom is 0.105 e. The lowest BCUT2D eigenvalue weighted by Gasteiger charge is -2.24. The summed E-state index contributed by atoms with van der Waals surface area (Å²) < 4.78 is 11.0. The number of hydrazine groups is 1. The monoisotopic (exact) mass is 238 g/mol. The maximum absolute atomic E-state index is 5.72. The summed E-state index contributed by atoms with van der Waals surface area (Å²) in [6.45, 7) is 0.920. The minimum absolute atomic E-state index is 0.270. The summed E-state index contributed by atoms with van der Waals surface area (Å²) in [6, 6.07) is 4.17. The van der Waals surface area contributed by atoms with Crippen LogP contribution in [0.2, 0.25) is 0 Å². The number of hydrogen-bond acceptors (Lipinski definition) is 4. The fourth-order valence-electron chi connectivity index (χ4n) is 2.34. The van der Waals surface area contributed by atoms with Crippen LogP contribution in [0.4, 0.5) is 0 Å². The number of nitrogens with two attached hydrogens (primary N) is 1. The van der Waals surface area contributed by atoms with Gasteiger partial charge in [0, 0.05) is 19.1 Å². The second-order valence-electron chi connectivity index (χ2n) is 4.71. The zero-order chi connectivity index (χ0) is 11.9. The van der Waals surface area contributed by atoms with Gasteiger partial charge in [-0.3, -0.25) is 11.3 Å². The topological polar surface area (TPSA) is 60.4 Å². The third-order valence-corrected chi connectivity index (χ3v) is 3.37. The van der Waals surface area contributed by atoms with Gasteiger partial charge >= 0.3 is 0 Å². The van der Waals surface area contributed by atoms with Crippen molar-refractivity contribution in [2.24, 2.45) is 5.84 Å². The van der Waals surface area contributed by atoms with Crippen LogP contribution in [0.15, 0.2) is 22.8 Å². The minimum Gasteiger partial charge on any atom is -0.469 e. The van der Waals surface area contributed by atoms with Crippen molar-refractivity contribution in [2.75, 3.05) is 6.61 Å². The van der Waals surface area contributed by atoms with Crippen LogP contribution in [0.1, 0.15) is 37.9 Å². The van der Waals surface area contributed by atoms with Crippen molar-refractivity contribution < 1.29 is 9.15 Å². The van der Waals surface area contributed by atoms with Crippen LogP contribution < -0.4 is 11.3 Å². The molecule has 4 nitrogen and oxygen atoms in total. The van der Waals surface area contributed by atoms with E-state index in [-0.39, 0.29) is 6.04 Å². The molecule has 2 unspecified atom stereocenters. The van der Waals surface area contributed by atoms with E-state index in [2.05, 4.69) is 5.43 Å². The van der Waals surface area contributed by atoms with Gasteiger partial charge < -0.3 is 9.15 Å². The zero-order valence-corrected chi connectivity index (χ0v) is 10.2. The standard InChI is InChI=1S/C13H22N2O2/c14-15-11(10-13-5-3-9-17-13)6-7-12-4-1-2-8-16-12/h3,5,9,11-12,15H,1-2,4,6-8,10,14H2. The highest BCUT2D eigenvalue weighted by atomic mass is 16.5. The van der Waals surface area contributed by atoms with E-state index in [0.717, 1.165) is 31.6 Å². The molecule has 2 atom stereocenters. The Hall–Kier alpha value is -0.840. The molecule has 1 fully saturated rings. The third-order valence-electron chi connectivity index (χ3n) is 3.37. The first-order valence-corrected chi connectivity index (χ1v) is 6.48. The van der Waals surface area contributed by atoms with Crippen molar-refractivity contribution in [3.63, 3.8) is 0 Å². The summed E-state index contributed by atoms with van der Waals surface area (Å²) in [5.41, 5.74) is 2.86. The Labute approximate surface area is 102 Å². The van der Waals surface area contributed by atoms with Gasteiger partial charge in [0.05, 0.1) is 12.4 Å². The van der Waals surface area contributed by atoms with Crippen LogP contribution >= 0.6 is 0 Å². The Kier molecular flexibility index (Phi) is 5.04. The molecule has 1 aromatic rings. The van der Waals surface area contributed by atoms with E-state index in [1.807, 2.05) is 12.1 Å². The van der Waals surface area contributed by atoms with Crippen LogP contribution in [-0.4, -0.2) is 18.8 Å². The molecule has 0 spiro atoms. The van der Waals surface area contributed by atoms with E-state index < -0.39 is 0 Å². The van der Waals surface area contributed by atoms with Gasteiger partial charge in [-0.2, -0.15) is 0 Å². The first-order chi connectivity index (χ1) is 8.38. The highest BCUT2D eigenvalue weighted by Gasteiger charge is 2.17. The van der Waals surface area contributed by atoms with Crippen LogP contribution in [0.5, 0.6) is 0 Å². The fourth-order valence-corrected chi connectivity index (χ4v) is 2.34. The molecule has 0 amide bonds. The lowest BCUT2D eigenvalue weighted by molar-refractivity contribution is 0.00851. The molecule has 2 heterocycles. The molecular formula is C13H22N2O2. The molecule has 17 heavy (non-hydrogen) atoms. The fraction of sp³-hybridized carbons (Fsp3) is 0.692. The smallest absolute Gasteiger partial charge is 0.105 e. The Morgan fingerprint density at radius 2 is 2.41 bits per heavy atom. The predicted molar refractivity (Wildman–Crippen MR) is 66.3 cm³/mol. The second kappa shape index (κ2) is 6.79. The largest absolute Gasteiger partial charge is 0.469 e. The molecule has 0 aliphatic carbocycles. The first-order valence-electron chi connectivity index (χ1n) is 6.48. The Morgan fingerprint density at radius 3 is 3.06 bits per heavy atom. The second-order valence-corrected chi connectivity index (χ2v) is 4.71. The van der Waals surface area contributed by atoms with Crippen molar-refractivity contribution in [3.8, 4) is 0 Å². The van der Waals surface area contributed by atoms with Gasteiger partial charge in [0.1, 0.15) is 5.76 Å². The molecule has 1 aromatic heterocycles. The number of hydrogen-bond donors (Lipinski definition) is 2. The quantitative estimate of drug-likeness (QED) is 0.588. The molecule has 1 saturated heterocycles. The summed E-state index contributed by atoms with van der Waals surface area (Å²) in [5, 5.41) is 0. The van der Waals surface area contributed by atoms with E-state index in [9.17, 15) is 0 Å². The van der Waals surface area contributed by atoms with Crippen LogP contribution in [-0.2, 0) is 11.2 Å². The van der Waals surface area contributed by atoms with Crippen LogP contribution in [0.25, 0.3) is 0 Å². The van der Waals surface area contributed by atoms with Gasteiger partial charge in [-0.1, -0.05) is 0 Å². The van der Waals surface area contributed by atoms with Gasteiger partial charge in [0.25, 0.3) is 0 Å². The summed E-state index contributed by atoms with van der Waals surface area (Å²) in [7, 11) is 0. The molecule has 2 rings (SSSR count). The first kappa shape index (κ1) is 12.6. The molecule has 96 valence electrons. The number of ether oxygens (including phenoxy) is 1. The summed E-state index contributed by atoms with van der Waals surface area (Å²) in [4.78, 5) is 0. The van der Waals surface area contributed by atoms with Crippen molar-refractivity contribution >= 4 is 0 Å². The van der Waals surface area contributed by atoms with E-state index >= 15 is 0 Å². The maximum atomic E-state index is 5.72. The Balaban J connectivity index is 1.71. The normalized spacial score (nSPS) is 22.5. The van der Waals surface area contributed by atoms with E-state index in [1.54, 1.807) is 6.26 Å². The number of nitrogens with one attached hydrogen (secondary N) is 1. The van der Waals surface area contributed by atoms with Crippen LogP contribution in [0.3, 0.4) is 0 Å². The van der Waals surface area contributed by atoms with Gasteiger partial charge in [0.15, 0.2) is 0 Å². The van der Waals surface area contributed by atoms with E-state index in [4.69, 9.17) is 15.0 Å². The average molecular weight is 238 g/mol. The lowest BCUT2D eigenvalue weighted by atomic mass is 10.00. The SMILES string of the molecule is NNC(CCC1CCCCO1)Cc1ccco1. The van der Waals surface area contributed by atoms with Gasteiger partial charge in [0.2, 0.25) is 0 Å². The Morgan fingerprint density at radius 1 is 1.47 bits per heavy atom. The molecule has 3 N–H and O–H groups in total. The molecule has 0 saturated carbocycles. The van der Waals surface area contributed by atoms with Crippen molar-refractivity contribution in [2.45, 2.75) is 50.7 Å². The van der Waals surface area contributed by atoms with Gasteiger partial charge in [-0.15, -0.1) is 0 Å². The minimum atomic E-state index is 0.270. The van der Waals surface area contributed by atoms with Crippen molar-refractivity contribution in [1.29, 1.82) is 0 Å². The predicted octanol–water partition coefficient (Wildman–Crippen LogP) is 2.00. The van der Waals surface area contributed by atoms with E-state index in [1.165, 1.54) is 19.3 Å². The average Bonchev–Trinajstić information content (AvgIpc) is 2.88. The summed E-state index contributed by atoms with van der Waals surface area (Å²) >= 11 is 0. The molecule has 1 aliphatic heterocycles. The molecule has 0 aromatic carbocycles. The van der Waals surface area contributed by atoms with Crippen molar-refractivity contribution in [3.05, 3.63) is 24.2 Å². The molecule has 4 heteroatoms. The van der Waals surface area contributed by atoms with E-state index in [0.29, 0.717) is 6.10 Å². The zero-order valence-electron chi connectivity index (χ0n) is 10.2. The third kappa shape index (κ3) is 4.15. The lowest BCUT2D eigenvalue weighted by Crippen LogP contribution is -2.37. The number of furan rings is 1. The highest BCUT2D eigenvalue weighted by Crippen LogP contribution is 2.18. The Bertz CT molecular complexity index is 294. The molecular weight excluding hydrogens is 216 g/mol. The summed E-state index contributed by atoms with van der Waals surface area (Å²) in [6.07, 6.45) is 8.78. The number of rotatable bonds is 6. The van der Waals surface area contributed by atoms with Gasteiger partial charge in [-0.05, 0) is 44.2 Å². The van der Waals surface area contributed by atoms with Crippen molar-refractivity contribution in [1.82, 2.24) is 5.43 Å².